The van der Waals surface area contributed by atoms with Crippen LogP contribution in [0.25, 0.3) is 0 Å². The number of benzene rings is 1. The number of H-pyrrole nitrogens is 1. The number of aromatic nitrogens is 1. The predicted molar refractivity (Wildman–Crippen MR) is 103 cm³/mol. The summed E-state index contributed by atoms with van der Waals surface area (Å²) in [6.45, 7) is 10.5. The van der Waals surface area contributed by atoms with Crippen molar-refractivity contribution in [1.29, 1.82) is 0 Å². The molecule has 5 nitrogen and oxygen atoms in total. The molecule has 1 aromatic carbocycles. The minimum atomic E-state index is -0.435. The van der Waals surface area contributed by atoms with E-state index in [1.54, 1.807) is 25.8 Å². The van der Waals surface area contributed by atoms with Gasteiger partial charge in [0, 0.05) is 19.3 Å². The molecule has 1 N–H and O–H groups in total. The summed E-state index contributed by atoms with van der Waals surface area (Å²) in [7, 11) is 3.09. The number of carbonyl (C=O) groups excluding carboxylic acids is 2. The molecule has 1 heterocycles. The molecule has 0 unspecified atom stereocenters. The van der Waals surface area contributed by atoms with Gasteiger partial charge >= 0.3 is 5.97 Å². The van der Waals surface area contributed by atoms with E-state index in [1.165, 1.54) is 12.7 Å². The van der Waals surface area contributed by atoms with Crippen LogP contribution in [0.15, 0.2) is 24.3 Å². The number of rotatable bonds is 4. The van der Waals surface area contributed by atoms with Crippen LogP contribution in [0.3, 0.4) is 0 Å². The Kier molecular flexibility index (Phi) is 5.59. The molecule has 0 aliphatic carbocycles. The average Bonchev–Trinajstić information content (AvgIpc) is 2.87. The Bertz CT molecular complexity index is 811. The highest BCUT2D eigenvalue weighted by molar-refractivity contribution is 6.00. The van der Waals surface area contributed by atoms with Crippen LogP contribution in [0.1, 0.15) is 64.0 Å². The van der Waals surface area contributed by atoms with Gasteiger partial charge in [-0.25, -0.2) is 4.79 Å². The highest BCUT2D eigenvalue weighted by Gasteiger charge is 2.24. The number of carbonyl (C=O) groups is 2. The quantitative estimate of drug-likeness (QED) is 0.843. The van der Waals surface area contributed by atoms with E-state index in [9.17, 15) is 9.59 Å². The highest BCUT2D eigenvalue weighted by atomic mass is 16.5. The van der Waals surface area contributed by atoms with E-state index >= 15 is 0 Å². The summed E-state index contributed by atoms with van der Waals surface area (Å²) >= 11 is 0. The monoisotopic (exact) mass is 356 g/mol. The fourth-order valence-corrected chi connectivity index (χ4v) is 3.02. The number of ether oxygens (including phenoxy) is 1. The van der Waals surface area contributed by atoms with Gasteiger partial charge in [-0.15, -0.1) is 0 Å². The van der Waals surface area contributed by atoms with Crippen molar-refractivity contribution in [1.82, 2.24) is 9.88 Å². The molecular formula is C21H28N2O3. The second-order valence-electron chi connectivity index (χ2n) is 7.72. The van der Waals surface area contributed by atoms with Crippen LogP contribution in [0.4, 0.5) is 0 Å². The normalized spacial score (nSPS) is 11.3. The summed E-state index contributed by atoms with van der Waals surface area (Å²) in [6, 6.07) is 8.31. The maximum absolute atomic E-state index is 12.8. The number of hydrogen-bond acceptors (Lipinski definition) is 3. The van der Waals surface area contributed by atoms with E-state index in [4.69, 9.17) is 4.74 Å². The lowest BCUT2D eigenvalue weighted by atomic mass is 9.87. The standard InChI is InChI=1S/C21H28N2O3/c1-13-17(20(25)26-7)14(2)22-18(13)19(24)23(6)12-15-8-10-16(11-9-15)21(3,4)5/h8-11,22H,12H2,1-7H3. The second kappa shape index (κ2) is 7.36. The van der Waals surface area contributed by atoms with Crippen molar-refractivity contribution in [2.24, 2.45) is 0 Å². The molecule has 0 spiro atoms. The van der Waals surface area contributed by atoms with E-state index in [-0.39, 0.29) is 11.3 Å². The Labute approximate surface area is 155 Å². The van der Waals surface area contributed by atoms with Crippen LogP contribution >= 0.6 is 0 Å². The third-order valence-corrected chi connectivity index (χ3v) is 4.63. The van der Waals surface area contributed by atoms with Crippen LogP contribution in [0.2, 0.25) is 0 Å². The molecule has 5 heteroatoms. The summed E-state index contributed by atoms with van der Waals surface area (Å²) in [5, 5.41) is 0. The first-order valence-electron chi connectivity index (χ1n) is 8.68. The third-order valence-electron chi connectivity index (χ3n) is 4.63. The van der Waals surface area contributed by atoms with Gasteiger partial charge in [0.05, 0.1) is 12.7 Å². The molecule has 26 heavy (non-hydrogen) atoms. The fourth-order valence-electron chi connectivity index (χ4n) is 3.02. The molecule has 0 fully saturated rings. The van der Waals surface area contributed by atoms with Crippen molar-refractivity contribution in [2.75, 3.05) is 14.2 Å². The molecular weight excluding hydrogens is 328 g/mol. The number of aryl methyl sites for hydroxylation is 1. The van der Waals surface area contributed by atoms with Gasteiger partial charge in [0.1, 0.15) is 5.69 Å². The van der Waals surface area contributed by atoms with Gasteiger partial charge < -0.3 is 14.6 Å². The molecule has 0 saturated carbocycles. The summed E-state index contributed by atoms with van der Waals surface area (Å²) in [5.41, 5.74) is 4.53. The number of esters is 1. The van der Waals surface area contributed by atoms with Crippen molar-refractivity contribution in [2.45, 2.75) is 46.6 Å². The van der Waals surface area contributed by atoms with E-state index < -0.39 is 5.97 Å². The lowest BCUT2D eigenvalue weighted by Crippen LogP contribution is -2.27. The van der Waals surface area contributed by atoms with Crippen LogP contribution in [0, 0.1) is 13.8 Å². The lowest BCUT2D eigenvalue weighted by molar-refractivity contribution is 0.0599. The van der Waals surface area contributed by atoms with Gasteiger partial charge in [0.25, 0.3) is 5.91 Å². The number of nitrogens with one attached hydrogen (secondary N) is 1. The van der Waals surface area contributed by atoms with Crippen molar-refractivity contribution in [3.05, 3.63) is 57.9 Å². The Morgan fingerprint density at radius 3 is 2.19 bits per heavy atom. The molecule has 140 valence electrons. The average molecular weight is 356 g/mol. The maximum atomic E-state index is 12.8. The summed E-state index contributed by atoms with van der Waals surface area (Å²) in [4.78, 5) is 29.4. The van der Waals surface area contributed by atoms with E-state index in [0.717, 1.165) is 5.56 Å². The van der Waals surface area contributed by atoms with Crippen LogP contribution < -0.4 is 0 Å². The van der Waals surface area contributed by atoms with E-state index in [0.29, 0.717) is 29.1 Å². The number of methoxy groups -OCH3 is 1. The molecule has 2 aromatic rings. The second-order valence-corrected chi connectivity index (χ2v) is 7.72. The van der Waals surface area contributed by atoms with Crippen LogP contribution in [-0.4, -0.2) is 35.9 Å². The van der Waals surface area contributed by atoms with Gasteiger partial charge in [-0.3, -0.25) is 4.79 Å². The number of hydrogen-bond donors (Lipinski definition) is 1. The van der Waals surface area contributed by atoms with E-state index in [1.807, 2.05) is 0 Å². The Balaban J connectivity index is 2.19. The van der Waals surface area contributed by atoms with Gasteiger partial charge in [-0.1, -0.05) is 45.0 Å². The van der Waals surface area contributed by atoms with Gasteiger partial charge in [0.2, 0.25) is 0 Å². The first-order valence-corrected chi connectivity index (χ1v) is 8.68. The highest BCUT2D eigenvalue weighted by Crippen LogP contribution is 2.23. The van der Waals surface area contributed by atoms with Crippen molar-refractivity contribution < 1.29 is 14.3 Å². The Hall–Kier alpha value is -2.56. The van der Waals surface area contributed by atoms with Crippen molar-refractivity contribution in [3.8, 4) is 0 Å². The van der Waals surface area contributed by atoms with Crippen molar-refractivity contribution >= 4 is 11.9 Å². The summed E-state index contributed by atoms with van der Waals surface area (Å²) in [5.74, 6) is -0.587. The molecule has 1 aromatic heterocycles. The number of amides is 1. The van der Waals surface area contributed by atoms with E-state index in [2.05, 4.69) is 50.0 Å². The van der Waals surface area contributed by atoms with Gasteiger partial charge in [-0.2, -0.15) is 0 Å². The largest absolute Gasteiger partial charge is 0.465 e. The SMILES string of the molecule is COC(=O)c1c(C)[nH]c(C(=O)N(C)Cc2ccc(C(C)(C)C)cc2)c1C. The van der Waals surface area contributed by atoms with Gasteiger partial charge in [0.15, 0.2) is 0 Å². The topological polar surface area (TPSA) is 62.4 Å². The Morgan fingerprint density at radius 1 is 1.12 bits per heavy atom. The Morgan fingerprint density at radius 2 is 1.69 bits per heavy atom. The first-order chi connectivity index (χ1) is 12.1. The zero-order chi connectivity index (χ0) is 19.6. The molecule has 1 amide bonds. The molecule has 0 saturated heterocycles. The maximum Gasteiger partial charge on any atom is 0.339 e. The van der Waals surface area contributed by atoms with Crippen LogP contribution in [0.5, 0.6) is 0 Å². The zero-order valence-corrected chi connectivity index (χ0v) is 16.7. The molecule has 0 aliphatic rings. The summed E-state index contributed by atoms with van der Waals surface area (Å²) < 4.78 is 4.80. The van der Waals surface area contributed by atoms with Crippen molar-refractivity contribution in [3.63, 3.8) is 0 Å². The smallest absolute Gasteiger partial charge is 0.339 e. The fraction of sp³-hybridized carbons (Fsp3) is 0.429. The lowest BCUT2D eigenvalue weighted by Gasteiger charge is -2.21. The van der Waals surface area contributed by atoms with Crippen LogP contribution in [-0.2, 0) is 16.7 Å². The third kappa shape index (κ3) is 3.98. The number of aromatic amines is 1. The molecule has 2 rings (SSSR count). The molecule has 0 aliphatic heterocycles. The number of nitrogens with zero attached hydrogens (tertiary/aromatic N) is 1. The summed E-state index contributed by atoms with van der Waals surface area (Å²) in [6.07, 6.45) is 0. The molecule has 0 radical (unpaired) electrons. The first kappa shape index (κ1) is 19.8. The van der Waals surface area contributed by atoms with Gasteiger partial charge in [-0.05, 0) is 36.0 Å². The minimum Gasteiger partial charge on any atom is -0.465 e. The predicted octanol–water partition coefficient (Wildman–Crippen LogP) is 3.99. The minimum absolute atomic E-state index is 0.101. The zero-order valence-electron chi connectivity index (χ0n) is 16.7. The molecule has 0 bridgehead atoms. The molecule has 0 atom stereocenters.